The molecule has 0 saturated heterocycles. The maximum atomic E-state index is 9.08. The molecule has 0 unspecified atom stereocenters. The van der Waals surface area contributed by atoms with E-state index in [0.29, 0.717) is 17.1 Å². The lowest BCUT2D eigenvalue weighted by Crippen LogP contribution is -2.00. The summed E-state index contributed by atoms with van der Waals surface area (Å²) in [6, 6.07) is 9.18. The lowest BCUT2D eigenvalue weighted by molar-refractivity contribution is 0.174. The van der Waals surface area contributed by atoms with Gasteiger partial charge in [-0.05, 0) is 30.0 Å². The van der Waals surface area contributed by atoms with Crippen LogP contribution >= 0.6 is 0 Å². The van der Waals surface area contributed by atoms with Gasteiger partial charge in [0.25, 0.3) is 0 Å². The maximum absolute atomic E-state index is 9.08. The average molecular weight is 267 g/mol. The fraction of sp³-hybridized carbons (Fsp3) is 0.200. The highest BCUT2D eigenvalue weighted by molar-refractivity contribution is 5.82. The predicted octanol–water partition coefficient (Wildman–Crippen LogP) is 2.29. The first kappa shape index (κ1) is 13.5. The molecule has 0 bridgehead atoms. The van der Waals surface area contributed by atoms with Gasteiger partial charge in [0.05, 0.1) is 0 Å². The van der Waals surface area contributed by atoms with Crippen LogP contribution < -0.4 is 9.47 Å². The molecule has 0 radical (unpaired) electrons. The van der Waals surface area contributed by atoms with Crippen LogP contribution in [0.4, 0.5) is 0 Å². The maximum Gasteiger partial charge on any atom is 0.231 e. The van der Waals surface area contributed by atoms with Crippen molar-refractivity contribution in [1.29, 1.82) is 10.5 Å². The summed E-state index contributed by atoms with van der Waals surface area (Å²) in [6.07, 6.45) is 3.52. The lowest BCUT2D eigenvalue weighted by Gasteiger charge is -2.07. The van der Waals surface area contributed by atoms with Crippen LogP contribution in [0.15, 0.2) is 36.0 Å². The molecular formula is C15H13N3O2. The van der Waals surface area contributed by atoms with E-state index in [1.807, 2.05) is 31.1 Å². The molecule has 1 aromatic rings. The standard InChI is InChI=1S/C15H13N3O2/c1-18(2)6-5-13(12(8-16)9-17)11-3-4-14-15(7-11)20-10-19-14/h3-7H,10H2,1-2H3/b6-5+. The van der Waals surface area contributed by atoms with Crippen molar-refractivity contribution in [2.75, 3.05) is 20.9 Å². The number of allylic oxidation sites excluding steroid dienone is 3. The second-order valence-electron chi connectivity index (χ2n) is 4.36. The first-order valence-corrected chi connectivity index (χ1v) is 5.95. The molecule has 0 amide bonds. The Morgan fingerprint density at radius 3 is 2.55 bits per heavy atom. The first-order valence-electron chi connectivity index (χ1n) is 5.95. The van der Waals surface area contributed by atoms with Gasteiger partial charge in [-0.1, -0.05) is 6.07 Å². The van der Waals surface area contributed by atoms with E-state index < -0.39 is 0 Å². The van der Waals surface area contributed by atoms with Crippen LogP contribution in [0.25, 0.3) is 5.57 Å². The summed E-state index contributed by atoms with van der Waals surface area (Å²) in [5.74, 6) is 1.29. The molecule has 20 heavy (non-hydrogen) atoms. The second kappa shape index (κ2) is 5.81. The van der Waals surface area contributed by atoms with Crippen LogP contribution in [0.1, 0.15) is 5.56 Å². The zero-order valence-electron chi connectivity index (χ0n) is 11.3. The molecule has 0 N–H and O–H groups in total. The molecule has 1 aliphatic heterocycles. The Labute approximate surface area is 117 Å². The molecule has 2 rings (SSSR count). The van der Waals surface area contributed by atoms with E-state index in [9.17, 15) is 0 Å². The number of hydrogen-bond acceptors (Lipinski definition) is 5. The Bertz CT molecular complexity index is 645. The van der Waals surface area contributed by atoms with E-state index in [4.69, 9.17) is 20.0 Å². The number of nitrogens with zero attached hydrogens (tertiary/aromatic N) is 3. The Morgan fingerprint density at radius 2 is 1.90 bits per heavy atom. The van der Waals surface area contributed by atoms with Crippen molar-refractivity contribution in [2.45, 2.75) is 0 Å². The van der Waals surface area contributed by atoms with Gasteiger partial charge in [0, 0.05) is 19.7 Å². The molecule has 0 saturated carbocycles. The molecule has 1 aromatic carbocycles. The van der Waals surface area contributed by atoms with Crippen molar-refractivity contribution in [1.82, 2.24) is 4.90 Å². The SMILES string of the molecule is CN(C)/C=C/C(=C(C#N)C#N)c1ccc2c(c1)OCO2. The van der Waals surface area contributed by atoms with Gasteiger partial charge in [-0.3, -0.25) is 0 Å². The summed E-state index contributed by atoms with van der Waals surface area (Å²) >= 11 is 0. The molecule has 1 heterocycles. The number of rotatable bonds is 3. The molecule has 0 spiro atoms. The van der Waals surface area contributed by atoms with Crippen LogP contribution in [-0.4, -0.2) is 25.8 Å². The van der Waals surface area contributed by atoms with Crippen molar-refractivity contribution >= 4 is 5.57 Å². The van der Waals surface area contributed by atoms with E-state index in [2.05, 4.69) is 0 Å². The topological polar surface area (TPSA) is 69.3 Å². The third-order valence-electron chi connectivity index (χ3n) is 2.72. The average Bonchev–Trinajstić information content (AvgIpc) is 2.90. The Balaban J connectivity index is 2.50. The molecule has 0 aliphatic carbocycles. The van der Waals surface area contributed by atoms with Gasteiger partial charge in [0.1, 0.15) is 17.7 Å². The number of benzene rings is 1. The first-order chi connectivity index (χ1) is 9.65. The molecule has 0 fully saturated rings. The van der Waals surface area contributed by atoms with Crippen LogP contribution in [-0.2, 0) is 0 Å². The van der Waals surface area contributed by atoms with Gasteiger partial charge >= 0.3 is 0 Å². The third kappa shape index (κ3) is 2.73. The number of ether oxygens (including phenoxy) is 2. The van der Waals surface area contributed by atoms with Crippen molar-refractivity contribution < 1.29 is 9.47 Å². The Kier molecular flexibility index (Phi) is 3.93. The highest BCUT2D eigenvalue weighted by Crippen LogP contribution is 2.35. The second-order valence-corrected chi connectivity index (χ2v) is 4.36. The predicted molar refractivity (Wildman–Crippen MR) is 73.5 cm³/mol. The van der Waals surface area contributed by atoms with E-state index >= 15 is 0 Å². The smallest absolute Gasteiger partial charge is 0.231 e. The minimum Gasteiger partial charge on any atom is -0.454 e. The van der Waals surface area contributed by atoms with Gasteiger partial charge in [-0.25, -0.2) is 0 Å². The summed E-state index contributed by atoms with van der Waals surface area (Å²) in [5, 5.41) is 18.2. The normalized spacial score (nSPS) is 11.8. The summed E-state index contributed by atoms with van der Waals surface area (Å²) < 4.78 is 10.6. The largest absolute Gasteiger partial charge is 0.454 e. The van der Waals surface area contributed by atoms with Gasteiger partial charge in [0.2, 0.25) is 6.79 Å². The van der Waals surface area contributed by atoms with E-state index in [0.717, 1.165) is 5.56 Å². The van der Waals surface area contributed by atoms with E-state index in [-0.39, 0.29) is 12.4 Å². The van der Waals surface area contributed by atoms with E-state index in [1.54, 1.807) is 30.5 Å². The van der Waals surface area contributed by atoms with Gasteiger partial charge in [0.15, 0.2) is 11.5 Å². The fourth-order valence-corrected chi connectivity index (χ4v) is 1.76. The van der Waals surface area contributed by atoms with Crippen LogP contribution in [0.5, 0.6) is 11.5 Å². The molecule has 5 nitrogen and oxygen atoms in total. The Hall–Kier alpha value is -2.92. The van der Waals surface area contributed by atoms with Crippen molar-refractivity contribution in [3.63, 3.8) is 0 Å². The number of nitriles is 2. The number of fused-ring (bicyclic) bond motifs is 1. The zero-order valence-corrected chi connectivity index (χ0v) is 11.3. The lowest BCUT2D eigenvalue weighted by atomic mass is 10.0. The minimum absolute atomic E-state index is 0.0574. The van der Waals surface area contributed by atoms with Crippen molar-refractivity contribution in [3.05, 3.63) is 41.6 Å². The van der Waals surface area contributed by atoms with E-state index in [1.165, 1.54) is 0 Å². The quantitative estimate of drug-likeness (QED) is 0.620. The summed E-state index contributed by atoms with van der Waals surface area (Å²) in [6.45, 7) is 0.189. The van der Waals surface area contributed by atoms with Gasteiger partial charge in [-0.2, -0.15) is 10.5 Å². The molecule has 1 aliphatic rings. The zero-order chi connectivity index (χ0) is 14.5. The number of hydrogen-bond donors (Lipinski definition) is 0. The van der Waals surface area contributed by atoms with Crippen molar-refractivity contribution in [3.8, 4) is 23.6 Å². The fourth-order valence-electron chi connectivity index (χ4n) is 1.76. The summed E-state index contributed by atoms with van der Waals surface area (Å²) in [4.78, 5) is 1.83. The monoisotopic (exact) mass is 267 g/mol. The minimum atomic E-state index is 0.0574. The van der Waals surface area contributed by atoms with Gasteiger partial charge in [-0.15, -0.1) is 0 Å². The molecule has 5 heteroatoms. The molecular weight excluding hydrogens is 254 g/mol. The van der Waals surface area contributed by atoms with Crippen LogP contribution in [0.3, 0.4) is 0 Å². The third-order valence-corrected chi connectivity index (χ3v) is 2.72. The summed E-state index contributed by atoms with van der Waals surface area (Å²) in [7, 11) is 3.73. The van der Waals surface area contributed by atoms with Crippen LogP contribution in [0, 0.1) is 22.7 Å². The van der Waals surface area contributed by atoms with Crippen LogP contribution in [0.2, 0.25) is 0 Å². The molecule has 0 atom stereocenters. The Morgan fingerprint density at radius 1 is 1.20 bits per heavy atom. The highest BCUT2D eigenvalue weighted by Gasteiger charge is 2.15. The summed E-state index contributed by atoms with van der Waals surface area (Å²) in [5.41, 5.74) is 1.36. The van der Waals surface area contributed by atoms with Crippen molar-refractivity contribution in [2.24, 2.45) is 0 Å². The molecule has 0 aromatic heterocycles. The molecule has 100 valence electrons. The highest BCUT2D eigenvalue weighted by atomic mass is 16.7. The van der Waals surface area contributed by atoms with Gasteiger partial charge < -0.3 is 14.4 Å².